The van der Waals surface area contributed by atoms with Crippen molar-refractivity contribution < 1.29 is 8.83 Å². The predicted molar refractivity (Wildman–Crippen MR) is 210 cm³/mol. The summed E-state index contributed by atoms with van der Waals surface area (Å²) in [5.74, 6) is 1.71. The summed E-state index contributed by atoms with van der Waals surface area (Å²) in [6, 6.07) is 52.7. The Kier molecular flexibility index (Phi) is 5.44. The molecule has 8 aromatic carbocycles. The van der Waals surface area contributed by atoms with Gasteiger partial charge in [-0.15, -0.1) is 0 Å². The number of para-hydroxylation sites is 2. The number of nitrogens with zero attached hydrogens (tertiary/aromatic N) is 3. The highest BCUT2D eigenvalue weighted by Crippen LogP contribution is 2.50. The normalized spacial score (nSPS) is 12.2. The van der Waals surface area contributed by atoms with E-state index in [2.05, 4.69) is 109 Å². The molecule has 1 aliphatic rings. The Balaban J connectivity index is 1.13. The molecule has 5 heteroatoms. The number of furan rings is 2. The van der Waals surface area contributed by atoms with E-state index >= 15 is 0 Å². The van der Waals surface area contributed by atoms with Crippen LogP contribution in [0, 0.1) is 0 Å². The topological polar surface area (TPSA) is 65.0 Å². The fraction of sp³-hybridized carbons (Fsp3) is 0. The molecule has 3 heterocycles. The maximum absolute atomic E-state index is 6.62. The molecule has 0 amide bonds. The highest BCUT2D eigenvalue weighted by molar-refractivity contribution is 6.20. The van der Waals surface area contributed by atoms with Gasteiger partial charge in [-0.2, -0.15) is 0 Å². The molecule has 11 aromatic rings. The van der Waals surface area contributed by atoms with E-state index in [1.165, 1.54) is 33.0 Å². The molecule has 0 unspecified atom stereocenters. The molecular weight excluding hydrogens is 639 g/mol. The minimum Gasteiger partial charge on any atom is -0.456 e. The highest BCUT2D eigenvalue weighted by Gasteiger charge is 2.25. The van der Waals surface area contributed by atoms with Gasteiger partial charge in [0.2, 0.25) is 0 Å². The number of hydrogen-bond acceptors (Lipinski definition) is 5. The zero-order valence-electron chi connectivity index (χ0n) is 27.6. The summed E-state index contributed by atoms with van der Waals surface area (Å²) in [7, 11) is 0. The number of aromatic nitrogens is 3. The van der Waals surface area contributed by atoms with Crippen LogP contribution >= 0.6 is 0 Å². The van der Waals surface area contributed by atoms with Crippen LogP contribution in [0.2, 0.25) is 0 Å². The minimum atomic E-state index is 0.547. The van der Waals surface area contributed by atoms with Gasteiger partial charge in [0.15, 0.2) is 17.5 Å². The summed E-state index contributed by atoms with van der Waals surface area (Å²) in [5.41, 5.74) is 10.7. The van der Waals surface area contributed by atoms with Crippen LogP contribution in [0.15, 0.2) is 160 Å². The van der Waals surface area contributed by atoms with Gasteiger partial charge in [0.25, 0.3) is 0 Å². The van der Waals surface area contributed by atoms with Gasteiger partial charge in [0.05, 0.1) is 5.56 Å². The summed E-state index contributed by atoms with van der Waals surface area (Å²) in [4.78, 5) is 15.6. The quantitative estimate of drug-likeness (QED) is 0.188. The molecule has 0 spiro atoms. The highest BCUT2D eigenvalue weighted by atomic mass is 16.3. The van der Waals surface area contributed by atoms with E-state index in [-0.39, 0.29) is 0 Å². The van der Waals surface area contributed by atoms with E-state index in [4.69, 9.17) is 23.8 Å². The van der Waals surface area contributed by atoms with E-state index in [0.29, 0.717) is 17.5 Å². The van der Waals surface area contributed by atoms with Gasteiger partial charge in [-0.1, -0.05) is 115 Å². The van der Waals surface area contributed by atoms with Gasteiger partial charge in [0, 0.05) is 32.7 Å². The molecule has 0 bridgehead atoms. The zero-order valence-corrected chi connectivity index (χ0v) is 27.6. The molecule has 1 aliphatic carbocycles. The van der Waals surface area contributed by atoms with Crippen molar-refractivity contribution in [2.24, 2.45) is 0 Å². The van der Waals surface area contributed by atoms with Crippen molar-refractivity contribution in [3.05, 3.63) is 152 Å². The third kappa shape index (κ3) is 3.85. The molecule has 5 nitrogen and oxygen atoms in total. The molecule has 0 fully saturated rings. The van der Waals surface area contributed by atoms with E-state index in [1.807, 2.05) is 42.5 Å². The van der Waals surface area contributed by atoms with Crippen molar-refractivity contribution in [3.8, 4) is 56.4 Å². The van der Waals surface area contributed by atoms with Crippen molar-refractivity contribution in [1.29, 1.82) is 0 Å². The smallest absolute Gasteiger partial charge is 0.167 e. The van der Waals surface area contributed by atoms with Crippen LogP contribution in [0.1, 0.15) is 0 Å². The fourth-order valence-electron chi connectivity index (χ4n) is 8.29. The Hall–Kier alpha value is -7.11. The molecule has 0 N–H and O–H groups in total. The maximum Gasteiger partial charge on any atom is 0.167 e. The van der Waals surface area contributed by atoms with E-state index < -0.39 is 0 Å². The molecule has 0 atom stereocenters. The van der Waals surface area contributed by atoms with Crippen LogP contribution in [0.4, 0.5) is 0 Å². The molecule has 0 aliphatic heterocycles. The van der Waals surface area contributed by atoms with Crippen molar-refractivity contribution in [2.45, 2.75) is 0 Å². The van der Waals surface area contributed by atoms with E-state index in [1.54, 1.807) is 0 Å². The molecule has 3 aromatic heterocycles. The van der Waals surface area contributed by atoms with Crippen LogP contribution in [-0.2, 0) is 0 Å². The maximum atomic E-state index is 6.62. The van der Waals surface area contributed by atoms with Crippen LogP contribution in [0.3, 0.4) is 0 Å². The number of rotatable bonds is 3. The lowest BCUT2D eigenvalue weighted by atomic mass is 9.99. The number of fused-ring (bicyclic) bond motifs is 10. The first-order valence-corrected chi connectivity index (χ1v) is 17.4. The summed E-state index contributed by atoms with van der Waals surface area (Å²) < 4.78 is 13.1. The van der Waals surface area contributed by atoms with Gasteiger partial charge in [-0.25, -0.2) is 15.0 Å². The first kappa shape index (κ1) is 27.7. The molecule has 0 saturated heterocycles. The van der Waals surface area contributed by atoms with Crippen molar-refractivity contribution in [2.75, 3.05) is 0 Å². The first-order chi connectivity index (χ1) is 25.7. The molecular formula is C47H25N3O2. The molecule has 0 radical (unpaired) electrons. The lowest BCUT2D eigenvalue weighted by molar-refractivity contribution is 0.669. The Morgan fingerprint density at radius 1 is 0.327 bits per heavy atom. The SMILES string of the molecule is c1ccc2cc(-c3nc(-c4cccc5c4oc4ccccc45)nc(-c4cccc5oc6cc7c(cc6c45)-c4cccc5cccc-7c45)n3)ccc2c1. The second-order valence-corrected chi connectivity index (χ2v) is 13.5. The van der Waals surface area contributed by atoms with Crippen molar-refractivity contribution in [3.63, 3.8) is 0 Å². The monoisotopic (exact) mass is 663 g/mol. The molecule has 0 saturated carbocycles. The Morgan fingerprint density at radius 3 is 1.85 bits per heavy atom. The van der Waals surface area contributed by atoms with Crippen LogP contribution in [-0.4, -0.2) is 15.0 Å². The molecule has 240 valence electrons. The van der Waals surface area contributed by atoms with Gasteiger partial charge in [-0.3, -0.25) is 0 Å². The van der Waals surface area contributed by atoms with Crippen LogP contribution in [0.5, 0.6) is 0 Å². The molecule has 12 rings (SSSR count). The average molecular weight is 664 g/mol. The third-order valence-electron chi connectivity index (χ3n) is 10.6. The van der Waals surface area contributed by atoms with Gasteiger partial charge in [-0.05, 0) is 80.2 Å². The Morgan fingerprint density at radius 2 is 0.962 bits per heavy atom. The summed E-state index contributed by atoms with van der Waals surface area (Å²) in [6.07, 6.45) is 0. The average Bonchev–Trinajstić information content (AvgIpc) is 3.87. The first-order valence-electron chi connectivity index (χ1n) is 17.4. The lowest BCUT2D eigenvalue weighted by Gasteiger charge is -2.10. The van der Waals surface area contributed by atoms with E-state index in [0.717, 1.165) is 71.3 Å². The standard InChI is InChI=1S/C47H25N3O2/c1-2-10-28-23-29(22-21-26(28)9-1)45-48-46(50-47(49-45)35-18-7-16-33-30-13-3-4-19-39(30)52-44(33)35)34-17-8-20-40-43(34)38-24-36-31-14-5-11-27-12-6-15-32(42(27)31)37(36)25-41(38)51-40/h1-25H. The molecule has 52 heavy (non-hydrogen) atoms. The van der Waals surface area contributed by atoms with Gasteiger partial charge in [0.1, 0.15) is 22.3 Å². The largest absolute Gasteiger partial charge is 0.456 e. The van der Waals surface area contributed by atoms with Crippen molar-refractivity contribution >= 4 is 65.4 Å². The Labute approximate surface area is 296 Å². The van der Waals surface area contributed by atoms with Crippen LogP contribution in [0.25, 0.3) is 122 Å². The van der Waals surface area contributed by atoms with Gasteiger partial charge < -0.3 is 8.83 Å². The second kappa shape index (κ2) is 10.2. The summed E-state index contributed by atoms with van der Waals surface area (Å²) >= 11 is 0. The number of benzene rings is 8. The Bertz CT molecular complexity index is 3310. The van der Waals surface area contributed by atoms with Gasteiger partial charge >= 0.3 is 0 Å². The second-order valence-electron chi connectivity index (χ2n) is 13.5. The minimum absolute atomic E-state index is 0.547. The zero-order chi connectivity index (χ0) is 33.9. The number of hydrogen-bond donors (Lipinski definition) is 0. The summed E-state index contributed by atoms with van der Waals surface area (Å²) in [5, 5.41) is 8.91. The fourth-order valence-corrected chi connectivity index (χ4v) is 8.29. The van der Waals surface area contributed by atoms with Crippen molar-refractivity contribution in [1.82, 2.24) is 15.0 Å². The predicted octanol–water partition coefficient (Wildman–Crippen LogP) is 12.6. The van der Waals surface area contributed by atoms with Crippen LogP contribution < -0.4 is 0 Å². The lowest BCUT2D eigenvalue weighted by Crippen LogP contribution is -2.00. The third-order valence-corrected chi connectivity index (χ3v) is 10.6. The summed E-state index contributed by atoms with van der Waals surface area (Å²) in [6.45, 7) is 0. The van der Waals surface area contributed by atoms with E-state index in [9.17, 15) is 0 Å².